The van der Waals surface area contributed by atoms with Gasteiger partial charge in [-0.25, -0.2) is 18.0 Å². The normalized spacial score (nSPS) is 11.2. The first-order valence-electron chi connectivity index (χ1n) is 9.66. The molecule has 2 rings (SSSR count). The van der Waals surface area contributed by atoms with Crippen LogP contribution in [0.2, 0.25) is 0 Å². The van der Waals surface area contributed by atoms with Gasteiger partial charge in [-0.3, -0.25) is 4.72 Å². The van der Waals surface area contributed by atoms with Gasteiger partial charge in [-0.15, -0.1) is 0 Å². The van der Waals surface area contributed by atoms with Crippen LogP contribution in [0.1, 0.15) is 35.3 Å². The van der Waals surface area contributed by atoms with Gasteiger partial charge < -0.3 is 15.1 Å². The summed E-state index contributed by atoms with van der Waals surface area (Å²) in [4.78, 5) is 22.6. The number of sulfonamides is 1. The van der Waals surface area contributed by atoms with Crippen molar-refractivity contribution >= 4 is 33.3 Å². The number of aliphatic carboxylic acids is 1. The van der Waals surface area contributed by atoms with Gasteiger partial charge in [0.15, 0.2) is 0 Å². The summed E-state index contributed by atoms with van der Waals surface area (Å²) in [7, 11) is -3.80. The Kier molecular flexibility index (Phi) is 9.28. The molecule has 0 saturated carbocycles. The SMILES string of the molecule is CCN(CC)c1ccc(NS(=O)(=O)c2ccc(C)cc2C)cc1C(=O)O.O=C(O)C(F)(F)F. The molecule has 0 heterocycles. The van der Waals surface area contributed by atoms with Crippen LogP contribution in [0.15, 0.2) is 41.3 Å². The van der Waals surface area contributed by atoms with Crippen LogP contribution in [0, 0.1) is 13.8 Å². The van der Waals surface area contributed by atoms with E-state index in [0.29, 0.717) is 24.3 Å². The second-order valence-electron chi connectivity index (χ2n) is 6.89. The predicted octanol–water partition coefficient (Wildman–Crippen LogP) is 4.28. The van der Waals surface area contributed by atoms with Crippen LogP contribution < -0.4 is 9.62 Å². The lowest BCUT2D eigenvalue weighted by molar-refractivity contribution is -0.192. The average molecular weight is 491 g/mol. The number of carboxylic acid groups (broad SMARTS) is 2. The van der Waals surface area contributed by atoms with Crippen molar-refractivity contribution in [2.24, 2.45) is 0 Å². The van der Waals surface area contributed by atoms with Crippen molar-refractivity contribution < 1.29 is 41.4 Å². The predicted molar refractivity (Wildman–Crippen MR) is 117 cm³/mol. The average Bonchev–Trinajstić information content (AvgIpc) is 2.68. The zero-order valence-electron chi connectivity index (χ0n) is 18.4. The number of anilines is 2. The van der Waals surface area contributed by atoms with Gasteiger partial charge in [0.05, 0.1) is 16.1 Å². The molecule has 0 unspecified atom stereocenters. The fourth-order valence-electron chi connectivity index (χ4n) is 2.92. The summed E-state index contributed by atoms with van der Waals surface area (Å²) >= 11 is 0. The lowest BCUT2D eigenvalue weighted by Gasteiger charge is -2.23. The summed E-state index contributed by atoms with van der Waals surface area (Å²) < 4.78 is 59.6. The van der Waals surface area contributed by atoms with Gasteiger partial charge in [0.25, 0.3) is 10.0 Å². The third kappa shape index (κ3) is 7.67. The second-order valence-corrected chi connectivity index (χ2v) is 8.54. The Morgan fingerprint density at radius 1 is 1.00 bits per heavy atom. The highest BCUT2D eigenvalue weighted by Crippen LogP contribution is 2.27. The fraction of sp³-hybridized carbons (Fsp3) is 0.333. The first-order valence-corrected chi connectivity index (χ1v) is 11.1. The Hall–Kier alpha value is -3.28. The Morgan fingerprint density at radius 3 is 1.97 bits per heavy atom. The number of nitrogens with one attached hydrogen (secondary N) is 1. The van der Waals surface area contributed by atoms with Gasteiger partial charge in [-0.05, 0) is 57.5 Å². The van der Waals surface area contributed by atoms with Crippen LogP contribution in [0.25, 0.3) is 0 Å². The van der Waals surface area contributed by atoms with Crippen molar-refractivity contribution in [1.29, 1.82) is 0 Å². The number of nitrogens with zero attached hydrogens (tertiary/aromatic N) is 1. The number of hydrogen-bond acceptors (Lipinski definition) is 5. The summed E-state index contributed by atoms with van der Waals surface area (Å²) in [6.45, 7) is 8.81. The molecule has 0 atom stereocenters. The van der Waals surface area contributed by atoms with E-state index in [9.17, 15) is 31.5 Å². The van der Waals surface area contributed by atoms with E-state index in [4.69, 9.17) is 9.90 Å². The maximum absolute atomic E-state index is 12.7. The molecule has 33 heavy (non-hydrogen) atoms. The molecule has 2 aromatic carbocycles. The van der Waals surface area contributed by atoms with E-state index in [1.807, 2.05) is 25.7 Å². The van der Waals surface area contributed by atoms with Gasteiger partial charge in [-0.1, -0.05) is 17.7 Å². The van der Waals surface area contributed by atoms with Gasteiger partial charge in [-0.2, -0.15) is 13.2 Å². The Balaban J connectivity index is 0.000000675. The van der Waals surface area contributed by atoms with Crippen LogP contribution in [-0.2, 0) is 14.8 Å². The van der Waals surface area contributed by atoms with Gasteiger partial charge in [0.2, 0.25) is 0 Å². The Bertz CT molecular complexity index is 1110. The highest BCUT2D eigenvalue weighted by atomic mass is 32.2. The number of aryl methyl sites for hydroxylation is 2. The number of alkyl halides is 3. The number of carboxylic acids is 2. The van der Waals surface area contributed by atoms with Crippen LogP contribution in [0.3, 0.4) is 0 Å². The molecule has 0 radical (unpaired) electrons. The molecule has 3 N–H and O–H groups in total. The van der Waals surface area contributed by atoms with Crippen molar-refractivity contribution in [3.8, 4) is 0 Å². The van der Waals surface area contributed by atoms with Crippen LogP contribution in [-0.4, -0.2) is 49.8 Å². The molecular weight excluding hydrogens is 465 g/mol. The first kappa shape index (κ1) is 27.8. The van der Waals surface area contributed by atoms with E-state index >= 15 is 0 Å². The van der Waals surface area contributed by atoms with Crippen molar-refractivity contribution in [2.75, 3.05) is 22.7 Å². The maximum atomic E-state index is 12.7. The molecule has 0 saturated heterocycles. The minimum absolute atomic E-state index is 0.0644. The van der Waals surface area contributed by atoms with Crippen LogP contribution in [0.5, 0.6) is 0 Å². The van der Waals surface area contributed by atoms with E-state index in [1.54, 1.807) is 37.3 Å². The largest absolute Gasteiger partial charge is 0.490 e. The summed E-state index contributed by atoms with van der Waals surface area (Å²) in [5.74, 6) is -3.85. The van der Waals surface area contributed by atoms with Gasteiger partial charge in [0.1, 0.15) is 0 Å². The molecule has 12 heteroatoms. The molecule has 0 spiro atoms. The molecule has 0 aliphatic carbocycles. The maximum Gasteiger partial charge on any atom is 0.490 e. The third-order valence-electron chi connectivity index (χ3n) is 4.45. The van der Waals surface area contributed by atoms with E-state index in [1.165, 1.54) is 6.07 Å². The monoisotopic (exact) mass is 490 g/mol. The molecule has 0 fully saturated rings. The molecule has 8 nitrogen and oxygen atoms in total. The van der Waals surface area contributed by atoms with E-state index < -0.39 is 28.1 Å². The fourth-order valence-corrected chi connectivity index (χ4v) is 4.20. The number of aromatic carboxylic acids is 1. The Labute approximate surface area is 189 Å². The zero-order valence-corrected chi connectivity index (χ0v) is 19.2. The summed E-state index contributed by atoms with van der Waals surface area (Å²) in [5.41, 5.74) is 2.46. The van der Waals surface area contributed by atoms with Gasteiger partial charge in [0, 0.05) is 18.8 Å². The van der Waals surface area contributed by atoms with Crippen molar-refractivity contribution in [1.82, 2.24) is 0 Å². The second kappa shape index (κ2) is 11.0. The molecule has 182 valence electrons. The molecular formula is C21H25F3N2O6S. The van der Waals surface area contributed by atoms with E-state index in [-0.39, 0.29) is 16.1 Å². The lowest BCUT2D eigenvalue weighted by Crippen LogP contribution is -2.24. The lowest BCUT2D eigenvalue weighted by atomic mass is 10.1. The molecule has 0 amide bonds. The first-order chi connectivity index (χ1) is 15.1. The molecule has 0 aliphatic heterocycles. The van der Waals surface area contributed by atoms with Crippen LogP contribution >= 0.6 is 0 Å². The standard InChI is InChI=1S/C19H24N2O4S.C2HF3O2/c1-5-21(6-2)17-9-8-15(12-16(17)19(22)23)20-26(24,25)18-10-7-13(3)11-14(18)4;3-2(4,5)1(6)7/h7-12,20H,5-6H2,1-4H3,(H,22,23);(H,6,7). The van der Waals surface area contributed by atoms with Crippen molar-refractivity contribution in [2.45, 2.75) is 38.8 Å². The quantitative estimate of drug-likeness (QED) is 0.529. The van der Waals surface area contributed by atoms with Crippen molar-refractivity contribution in [3.05, 3.63) is 53.1 Å². The summed E-state index contributed by atoms with van der Waals surface area (Å²) in [5, 5.41) is 16.6. The van der Waals surface area contributed by atoms with Crippen molar-refractivity contribution in [3.63, 3.8) is 0 Å². The number of carbonyl (C=O) groups is 2. The third-order valence-corrected chi connectivity index (χ3v) is 5.99. The number of hydrogen-bond donors (Lipinski definition) is 3. The summed E-state index contributed by atoms with van der Waals surface area (Å²) in [6.07, 6.45) is -5.08. The highest BCUT2D eigenvalue weighted by Gasteiger charge is 2.38. The minimum Gasteiger partial charge on any atom is -0.478 e. The van der Waals surface area contributed by atoms with Crippen LogP contribution in [0.4, 0.5) is 24.5 Å². The molecule has 0 aliphatic rings. The minimum atomic E-state index is -5.08. The van der Waals surface area contributed by atoms with Gasteiger partial charge >= 0.3 is 18.1 Å². The molecule has 0 bridgehead atoms. The molecule has 0 aromatic heterocycles. The number of halogens is 3. The topological polar surface area (TPSA) is 124 Å². The Morgan fingerprint density at radius 2 is 1.55 bits per heavy atom. The smallest absolute Gasteiger partial charge is 0.478 e. The van der Waals surface area contributed by atoms with E-state index in [0.717, 1.165) is 5.56 Å². The highest BCUT2D eigenvalue weighted by molar-refractivity contribution is 7.92. The zero-order chi connectivity index (χ0) is 25.6. The van der Waals surface area contributed by atoms with E-state index in [2.05, 4.69) is 4.72 Å². The number of rotatable bonds is 7. The summed E-state index contributed by atoms with van der Waals surface area (Å²) in [6, 6.07) is 9.65. The number of benzene rings is 2. The molecule has 2 aromatic rings.